The molecule has 1 aromatic rings. The molecule has 0 fully saturated rings. The van der Waals surface area contributed by atoms with E-state index < -0.39 is 5.97 Å². The highest BCUT2D eigenvalue weighted by atomic mass is 32.2. The predicted molar refractivity (Wildman–Crippen MR) is 54.4 cm³/mol. The lowest BCUT2D eigenvalue weighted by atomic mass is 10.1. The predicted octanol–water partition coefficient (Wildman–Crippen LogP) is 2.18. The molecule has 0 aliphatic carbocycles. The second-order valence-corrected chi connectivity index (χ2v) is 4.20. The maximum atomic E-state index is 10.9. The average Bonchev–Trinajstić information content (AvgIpc) is 2.18. The van der Waals surface area contributed by atoms with Gasteiger partial charge in [0.15, 0.2) is 0 Å². The van der Waals surface area contributed by atoms with E-state index in [1.54, 1.807) is 23.9 Å². The molecule has 74 valence electrons. The molecule has 0 atom stereocenters. The Hall–Kier alpha value is -1.16. The third kappa shape index (κ3) is 1.46. The molecule has 0 amide bonds. The summed E-state index contributed by atoms with van der Waals surface area (Å²) in [6.07, 6.45) is 0. The third-order valence-electron chi connectivity index (χ3n) is 2.12. The van der Waals surface area contributed by atoms with Gasteiger partial charge in [-0.2, -0.15) is 0 Å². The van der Waals surface area contributed by atoms with E-state index in [-0.39, 0.29) is 0 Å². The van der Waals surface area contributed by atoms with Crippen LogP contribution in [0.25, 0.3) is 0 Å². The van der Waals surface area contributed by atoms with Crippen LogP contribution >= 0.6 is 11.8 Å². The van der Waals surface area contributed by atoms with Gasteiger partial charge in [-0.1, -0.05) is 6.07 Å². The van der Waals surface area contributed by atoms with Crippen molar-refractivity contribution in [2.24, 2.45) is 0 Å². The van der Waals surface area contributed by atoms with Crippen LogP contribution in [0.3, 0.4) is 0 Å². The largest absolute Gasteiger partial charge is 0.491 e. The second kappa shape index (κ2) is 3.53. The molecule has 14 heavy (non-hydrogen) atoms. The first-order chi connectivity index (χ1) is 6.70. The van der Waals surface area contributed by atoms with Gasteiger partial charge in [0.25, 0.3) is 0 Å². The number of fused-ring (bicyclic) bond motifs is 1. The van der Waals surface area contributed by atoms with Crippen molar-refractivity contribution in [3.8, 4) is 5.75 Å². The number of rotatable bonds is 1. The van der Waals surface area contributed by atoms with E-state index in [1.165, 1.54) is 0 Å². The van der Waals surface area contributed by atoms with Gasteiger partial charge in [-0.3, -0.25) is 0 Å². The van der Waals surface area contributed by atoms with Crippen LogP contribution in [-0.4, -0.2) is 23.4 Å². The molecular weight excluding hydrogens is 200 g/mol. The Morgan fingerprint density at radius 1 is 1.57 bits per heavy atom. The molecule has 0 spiro atoms. The van der Waals surface area contributed by atoms with Crippen LogP contribution in [0.4, 0.5) is 0 Å². The van der Waals surface area contributed by atoms with Crippen LogP contribution in [0.2, 0.25) is 0 Å². The zero-order valence-corrected chi connectivity index (χ0v) is 8.56. The Morgan fingerprint density at radius 3 is 3.07 bits per heavy atom. The first-order valence-corrected chi connectivity index (χ1v) is 5.31. The van der Waals surface area contributed by atoms with E-state index in [9.17, 15) is 4.79 Å². The fourth-order valence-corrected chi connectivity index (χ4v) is 2.47. The summed E-state index contributed by atoms with van der Waals surface area (Å²) in [5, 5.41) is 8.96. The van der Waals surface area contributed by atoms with Gasteiger partial charge < -0.3 is 9.84 Å². The van der Waals surface area contributed by atoms with E-state index in [4.69, 9.17) is 9.84 Å². The molecule has 0 aromatic heterocycles. The number of aromatic carboxylic acids is 1. The lowest BCUT2D eigenvalue weighted by Crippen LogP contribution is -2.11. The summed E-state index contributed by atoms with van der Waals surface area (Å²) in [6.45, 7) is 2.58. The molecular formula is C10H10O3S. The van der Waals surface area contributed by atoms with Crippen molar-refractivity contribution in [1.29, 1.82) is 0 Å². The first kappa shape index (κ1) is 9.40. The zero-order valence-electron chi connectivity index (χ0n) is 7.74. The molecule has 2 rings (SSSR count). The summed E-state index contributed by atoms with van der Waals surface area (Å²) < 4.78 is 5.46. The summed E-state index contributed by atoms with van der Waals surface area (Å²) in [5.41, 5.74) is 1.34. The molecule has 1 heterocycles. The van der Waals surface area contributed by atoms with Crippen molar-refractivity contribution >= 4 is 17.7 Å². The van der Waals surface area contributed by atoms with Crippen molar-refractivity contribution in [1.82, 2.24) is 0 Å². The first-order valence-electron chi connectivity index (χ1n) is 4.32. The Labute approximate surface area is 86.1 Å². The van der Waals surface area contributed by atoms with Crippen LogP contribution < -0.4 is 4.74 Å². The number of benzene rings is 1. The monoisotopic (exact) mass is 210 g/mol. The SMILES string of the molecule is Cc1ccc(C(=O)O)c2c1OCCS2. The lowest BCUT2D eigenvalue weighted by molar-refractivity contribution is 0.0692. The number of hydrogen-bond donors (Lipinski definition) is 1. The molecule has 1 N–H and O–H groups in total. The van der Waals surface area contributed by atoms with Gasteiger partial charge in [0.1, 0.15) is 5.75 Å². The van der Waals surface area contributed by atoms with E-state index >= 15 is 0 Å². The van der Waals surface area contributed by atoms with Gasteiger partial charge in [-0.15, -0.1) is 11.8 Å². The number of aryl methyl sites for hydroxylation is 1. The summed E-state index contributed by atoms with van der Waals surface area (Å²) in [6, 6.07) is 3.42. The van der Waals surface area contributed by atoms with Crippen LogP contribution in [0, 0.1) is 6.92 Å². The van der Waals surface area contributed by atoms with Crippen LogP contribution in [-0.2, 0) is 0 Å². The van der Waals surface area contributed by atoms with E-state index in [2.05, 4.69) is 0 Å². The third-order valence-corrected chi connectivity index (χ3v) is 3.18. The highest BCUT2D eigenvalue weighted by molar-refractivity contribution is 7.99. The Morgan fingerprint density at radius 2 is 2.36 bits per heavy atom. The quantitative estimate of drug-likeness (QED) is 0.771. The number of hydrogen-bond acceptors (Lipinski definition) is 3. The number of thioether (sulfide) groups is 1. The molecule has 1 aliphatic rings. The summed E-state index contributed by atoms with van der Waals surface area (Å²) in [5.74, 6) is 0.664. The van der Waals surface area contributed by atoms with Gasteiger partial charge >= 0.3 is 5.97 Å². The van der Waals surface area contributed by atoms with Gasteiger partial charge in [-0.25, -0.2) is 4.79 Å². The molecule has 0 saturated carbocycles. The fourth-order valence-electron chi connectivity index (χ4n) is 1.44. The zero-order chi connectivity index (χ0) is 10.1. The van der Waals surface area contributed by atoms with Crippen LogP contribution in [0.15, 0.2) is 17.0 Å². The Bertz CT molecular complexity index is 387. The molecule has 3 nitrogen and oxygen atoms in total. The van der Waals surface area contributed by atoms with Gasteiger partial charge in [0, 0.05) is 5.75 Å². The summed E-state index contributed by atoms with van der Waals surface area (Å²) >= 11 is 1.55. The van der Waals surface area contributed by atoms with Crippen molar-refractivity contribution in [2.75, 3.05) is 12.4 Å². The number of ether oxygens (including phenoxy) is 1. The maximum absolute atomic E-state index is 10.9. The topological polar surface area (TPSA) is 46.5 Å². The van der Waals surface area contributed by atoms with Crippen LogP contribution in [0.1, 0.15) is 15.9 Å². The standard InChI is InChI=1S/C10H10O3S/c1-6-2-3-7(10(11)12)9-8(6)13-4-5-14-9/h2-3H,4-5H2,1H3,(H,11,12). The summed E-state index contributed by atoms with van der Waals surface area (Å²) in [4.78, 5) is 11.7. The molecule has 4 heteroatoms. The molecule has 0 unspecified atom stereocenters. The van der Waals surface area contributed by atoms with Crippen molar-refractivity contribution < 1.29 is 14.6 Å². The number of carbonyl (C=O) groups is 1. The van der Waals surface area contributed by atoms with E-state index in [0.29, 0.717) is 12.2 Å². The van der Waals surface area contributed by atoms with Crippen molar-refractivity contribution in [2.45, 2.75) is 11.8 Å². The Kier molecular flexibility index (Phi) is 2.37. The maximum Gasteiger partial charge on any atom is 0.336 e. The second-order valence-electron chi connectivity index (χ2n) is 3.09. The fraction of sp³-hybridized carbons (Fsp3) is 0.300. The molecule has 0 bridgehead atoms. The normalized spacial score (nSPS) is 14.4. The number of carboxylic acid groups (broad SMARTS) is 1. The summed E-state index contributed by atoms with van der Waals surface area (Å²) in [7, 11) is 0. The van der Waals surface area contributed by atoms with Gasteiger partial charge in [0.2, 0.25) is 0 Å². The Balaban J connectivity index is 2.59. The molecule has 0 saturated heterocycles. The lowest BCUT2D eigenvalue weighted by Gasteiger charge is -2.20. The minimum Gasteiger partial charge on any atom is -0.491 e. The van der Waals surface area contributed by atoms with Gasteiger partial charge in [-0.05, 0) is 18.6 Å². The molecule has 0 radical (unpaired) electrons. The average molecular weight is 210 g/mol. The van der Waals surface area contributed by atoms with Gasteiger partial charge in [0.05, 0.1) is 17.1 Å². The molecule has 1 aliphatic heterocycles. The highest BCUT2D eigenvalue weighted by Gasteiger charge is 2.20. The number of carboxylic acids is 1. The minimum atomic E-state index is -0.890. The molecule has 1 aromatic carbocycles. The van der Waals surface area contributed by atoms with E-state index in [1.807, 2.05) is 6.92 Å². The van der Waals surface area contributed by atoms with E-state index in [0.717, 1.165) is 22.0 Å². The van der Waals surface area contributed by atoms with Crippen LogP contribution in [0.5, 0.6) is 5.75 Å². The minimum absolute atomic E-state index is 0.343. The van der Waals surface area contributed by atoms with Crippen molar-refractivity contribution in [3.63, 3.8) is 0 Å². The van der Waals surface area contributed by atoms with Crippen molar-refractivity contribution in [3.05, 3.63) is 23.3 Å². The smallest absolute Gasteiger partial charge is 0.336 e. The highest BCUT2D eigenvalue weighted by Crippen LogP contribution is 2.38.